The van der Waals surface area contributed by atoms with Crippen LogP contribution in [-0.4, -0.2) is 44.0 Å². The molecule has 2 aromatic rings. The Morgan fingerprint density at radius 2 is 1.79 bits per heavy atom. The van der Waals surface area contributed by atoms with Gasteiger partial charge in [-0.1, -0.05) is 41.4 Å². The Morgan fingerprint density at radius 1 is 1.10 bits per heavy atom. The SMILES string of the molecule is CCOC(=O)c1cc(NC(=O)CN(Cc2ccccc2Cl)S(C)(=O)=O)ccc1Cl. The normalized spacial score (nSPS) is 11.3. The number of ether oxygens (including phenoxy) is 1. The van der Waals surface area contributed by atoms with Crippen molar-refractivity contribution in [3.05, 3.63) is 63.6 Å². The number of rotatable bonds is 8. The molecule has 0 atom stereocenters. The van der Waals surface area contributed by atoms with Gasteiger partial charge in [0.15, 0.2) is 0 Å². The summed E-state index contributed by atoms with van der Waals surface area (Å²) >= 11 is 12.1. The molecule has 0 aliphatic rings. The fraction of sp³-hybridized carbons (Fsp3) is 0.263. The highest BCUT2D eigenvalue weighted by atomic mass is 35.5. The molecule has 0 fully saturated rings. The maximum atomic E-state index is 12.4. The zero-order valence-corrected chi connectivity index (χ0v) is 18.1. The minimum atomic E-state index is -3.68. The largest absolute Gasteiger partial charge is 0.462 e. The first-order valence-electron chi connectivity index (χ1n) is 8.57. The van der Waals surface area contributed by atoms with Gasteiger partial charge >= 0.3 is 5.97 Å². The van der Waals surface area contributed by atoms with Gasteiger partial charge < -0.3 is 10.1 Å². The molecule has 1 N–H and O–H groups in total. The molecule has 0 aromatic heterocycles. The van der Waals surface area contributed by atoms with Gasteiger partial charge in [0, 0.05) is 17.3 Å². The van der Waals surface area contributed by atoms with Crippen molar-refractivity contribution in [3.63, 3.8) is 0 Å². The lowest BCUT2D eigenvalue weighted by Crippen LogP contribution is -2.37. The molecule has 0 saturated carbocycles. The number of hydrogen-bond acceptors (Lipinski definition) is 5. The van der Waals surface area contributed by atoms with Crippen molar-refractivity contribution >= 4 is 50.8 Å². The van der Waals surface area contributed by atoms with Crippen molar-refractivity contribution in [3.8, 4) is 0 Å². The maximum Gasteiger partial charge on any atom is 0.339 e. The Hall–Kier alpha value is -2.13. The summed E-state index contributed by atoms with van der Waals surface area (Å²) in [7, 11) is -3.68. The Kier molecular flexibility index (Phi) is 8.04. The van der Waals surface area contributed by atoms with E-state index in [1.54, 1.807) is 31.2 Å². The van der Waals surface area contributed by atoms with E-state index >= 15 is 0 Å². The van der Waals surface area contributed by atoms with Crippen LogP contribution in [0, 0.1) is 0 Å². The van der Waals surface area contributed by atoms with E-state index in [1.807, 2.05) is 0 Å². The molecule has 0 bridgehead atoms. The number of carbonyl (C=O) groups excluding carboxylic acids is 2. The van der Waals surface area contributed by atoms with Crippen LogP contribution in [0.25, 0.3) is 0 Å². The van der Waals surface area contributed by atoms with Crippen LogP contribution < -0.4 is 5.32 Å². The lowest BCUT2D eigenvalue weighted by Gasteiger charge is -2.20. The smallest absolute Gasteiger partial charge is 0.339 e. The number of hydrogen-bond donors (Lipinski definition) is 1. The van der Waals surface area contributed by atoms with Gasteiger partial charge in [-0.05, 0) is 36.8 Å². The number of nitrogens with zero attached hydrogens (tertiary/aromatic N) is 1. The average molecular weight is 459 g/mol. The van der Waals surface area contributed by atoms with Crippen LogP contribution in [-0.2, 0) is 26.1 Å². The van der Waals surface area contributed by atoms with E-state index in [2.05, 4.69) is 5.32 Å². The Balaban J connectivity index is 2.16. The highest BCUT2D eigenvalue weighted by Gasteiger charge is 2.22. The van der Waals surface area contributed by atoms with Crippen LogP contribution in [0.3, 0.4) is 0 Å². The molecule has 0 unspecified atom stereocenters. The lowest BCUT2D eigenvalue weighted by molar-refractivity contribution is -0.116. The molecule has 156 valence electrons. The minimum absolute atomic E-state index is 0.0549. The maximum absolute atomic E-state index is 12.4. The molecule has 29 heavy (non-hydrogen) atoms. The number of amides is 1. The highest BCUT2D eigenvalue weighted by molar-refractivity contribution is 7.88. The van der Waals surface area contributed by atoms with E-state index in [1.165, 1.54) is 18.2 Å². The van der Waals surface area contributed by atoms with Gasteiger partial charge in [0.25, 0.3) is 0 Å². The fourth-order valence-electron chi connectivity index (χ4n) is 2.44. The first-order valence-corrected chi connectivity index (χ1v) is 11.2. The molecular weight excluding hydrogens is 439 g/mol. The summed E-state index contributed by atoms with van der Waals surface area (Å²) in [6.45, 7) is 1.36. The first-order chi connectivity index (χ1) is 13.6. The van der Waals surface area contributed by atoms with E-state index in [9.17, 15) is 18.0 Å². The highest BCUT2D eigenvalue weighted by Crippen LogP contribution is 2.22. The van der Waals surface area contributed by atoms with Crippen molar-refractivity contribution in [2.45, 2.75) is 13.5 Å². The van der Waals surface area contributed by atoms with E-state index in [0.717, 1.165) is 10.6 Å². The predicted octanol–water partition coefficient (Wildman–Crippen LogP) is 3.57. The molecule has 0 radical (unpaired) electrons. The zero-order chi connectivity index (χ0) is 21.6. The summed E-state index contributed by atoms with van der Waals surface area (Å²) in [5.41, 5.74) is 0.958. The number of benzene rings is 2. The van der Waals surface area contributed by atoms with E-state index in [-0.39, 0.29) is 29.4 Å². The van der Waals surface area contributed by atoms with Crippen LogP contribution in [0.5, 0.6) is 0 Å². The number of anilines is 1. The van der Waals surface area contributed by atoms with Gasteiger partial charge in [0.2, 0.25) is 15.9 Å². The third kappa shape index (κ3) is 6.71. The third-order valence-corrected chi connectivity index (χ3v) is 5.73. The summed E-state index contributed by atoms with van der Waals surface area (Å²) in [6, 6.07) is 11.1. The second-order valence-electron chi connectivity index (χ2n) is 6.09. The van der Waals surface area contributed by atoms with Crippen LogP contribution in [0.4, 0.5) is 5.69 Å². The van der Waals surface area contributed by atoms with Gasteiger partial charge in [0.1, 0.15) is 0 Å². The second kappa shape index (κ2) is 10.1. The Bertz CT molecular complexity index is 1010. The Labute approximate surface area is 179 Å². The number of carbonyl (C=O) groups is 2. The summed E-state index contributed by atoms with van der Waals surface area (Å²) in [6.07, 6.45) is 1.01. The number of nitrogens with one attached hydrogen (secondary N) is 1. The lowest BCUT2D eigenvalue weighted by atomic mass is 10.2. The summed E-state index contributed by atoms with van der Waals surface area (Å²) in [4.78, 5) is 24.4. The molecule has 10 heteroatoms. The van der Waals surface area contributed by atoms with Gasteiger partial charge in [-0.25, -0.2) is 13.2 Å². The van der Waals surface area contributed by atoms with E-state index in [0.29, 0.717) is 10.6 Å². The minimum Gasteiger partial charge on any atom is -0.462 e. The molecule has 2 aromatic carbocycles. The van der Waals surface area contributed by atoms with Crippen LogP contribution in [0.15, 0.2) is 42.5 Å². The number of esters is 1. The monoisotopic (exact) mass is 458 g/mol. The second-order valence-corrected chi connectivity index (χ2v) is 8.88. The van der Waals surface area contributed by atoms with E-state index in [4.69, 9.17) is 27.9 Å². The molecule has 2 rings (SSSR count). The number of sulfonamides is 1. The molecule has 0 saturated heterocycles. The van der Waals surface area contributed by atoms with Gasteiger partial charge in [-0.3, -0.25) is 4.79 Å². The third-order valence-electron chi connectivity index (χ3n) is 3.84. The van der Waals surface area contributed by atoms with Crippen molar-refractivity contribution in [1.82, 2.24) is 4.31 Å². The summed E-state index contributed by atoms with van der Waals surface area (Å²) in [5.74, 6) is -1.20. The molecule has 0 heterocycles. The van der Waals surface area contributed by atoms with Crippen LogP contribution in [0.2, 0.25) is 10.0 Å². The molecular formula is C19H20Cl2N2O5S. The topological polar surface area (TPSA) is 92.8 Å². The molecule has 0 spiro atoms. The van der Waals surface area contributed by atoms with Gasteiger partial charge in [-0.2, -0.15) is 4.31 Å². The van der Waals surface area contributed by atoms with Crippen molar-refractivity contribution in [2.75, 3.05) is 24.7 Å². The molecule has 7 nitrogen and oxygen atoms in total. The Morgan fingerprint density at radius 3 is 2.41 bits per heavy atom. The molecule has 0 aliphatic heterocycles. The van der Waals surface area contributed by atoms with Crippen LogP contribution >= 0.6 is 23.2 Å². The molecule has 0 aliphatic carbocycles. The first kappa shape index (κ1) is 23.2. The quantitative estimate of drug-likeness (QED) is 0.610. The zero-order valence-electron chi connectivity index (χ0n) is 15.8. The van der Waals surface area contributed by atoms with Crippen molar-refractivity contribution in [1.29, 1.82) is 0 Å². The van der Waals surface area contributed by atoms with Crippen molar-refractivity contribution in [2.24, 2.45) is 0 Å². The predicted molar refractivity (Wildman–Crippen MR) is 113 cm³/mol. The standard InChI is InChI=1S/C19H20Cl2N2O5S/c1-3-28-19(25)15-10-14(8-9-17(15)21)22-18(24)12-23(29(2,26)27)11-13-6-4-5-7-16(13)20/h4-10H,3,11-12H2,1-2H3,(H,22,24). The summed E-state index contributed by atoms with van der Waals surface area (Å²) < 4.78 is 30.2. The number of halogens is 2. The van der Waals surface area contributed by atoms with E-state index < -0.39 is 28.4 Å². The van der Waals surface area contributed by atoms with Gasteiger partial charge in [0.05, 0.1) is 30.0 Å². The van der Waals surface area contributed by atoms with Gasteiger partial charge in [-0.15, -0.1) is 0 Å². The summed E-state index contributed by atoms with van der Waals surface area (Å²) in [5, 5.41) is 3.14. The van der Waals surface area contributed by atoms with Crippen LogP contribution in [0.1, 0.15) is 22.8 Å². The van der Waals surface area contributed by atoms with Crippen molar-refractivity contribution < 1.29 is 22.7 Å². The fourth-order valence-corrected chi connectivity index (χ4v) is 3.55. The molecule has 1 amide bonds. The average Bonchev–Trinajstić information content (AvgIpc) is 2.64.